The average Bonchev–Trinajstić information content (AvgIpc) is 2.75. The molecule has 1 N–H and O–H groups in total. The zero-order valence-electron chi connectivity index (χ0n) is 16.8. The summed E-state index contributed by atoms with van der Waals surface area (Å²) in [6, 6.07) is 20.8. The Morgan fingerprint density at radius 3 is 2.30 bits per heavy atom. The van der Waals surface area contributed by atoms with E-state index in [1.165, 1.54) is 6.21 Å². The first-order chi connectivity index (χ1) is 14.5. The fourth-order valence-corrected chi connectivity index (χ4v) is 2.66. The van der Waals surface area contributed by atoms with Crippen LogP contribution in [-0.2, 0) is 0 Å². The molecular formula is C24H22N2O4. The second-order valence-corrected chi connectivity index (χ2v) is 6.48. The predicted octanol–water partition coefficient (Wildman–Crippen LogP) is 4.38. The highest BCUT2D eigenvalue weighted by Crippen LogP contribution is 2.16. The third kappa shape index (κ3) is 5.78. The lowest BCUT2D eigenvalue weighted by atomic mass is 10.1. The molecule has 0 unspecified atom stereocenters. The molecule has 6 heteroatoms. The second-order valence-electron chi connectivity index (χ2n) is 6.48. The Morgan fingerprint density at radius 1 is 0.933 bits per heavy atom. The lowest BCUT2D eigenvalue weighted by molar-refractivity contribution is 0.0734. The van der Waals surface area contributed by atoms with Crippen molar-refractivity contribution in [3.8, 4) is 11.5 Å². The lowest BCUT2D eigenvalue weighted by Gasteiger charge is -2.06. The molecular weight excluding hydrogens is 380 g/mol. The number of benzene rings is 3. The summed E-state index contributed by atoms with van der Waals surface area (Å²) in [6.45, 7) is 4.38. The average molecular weight is 402 g/mol. The smallest absolute Gasteiger partial charge is 0.343 e. The standard InChI is InChI=1S/C24H22N2O4/c1-3-29-21-13-9-19(10-14-21)24(28)30-22-11-7-18(8-12-22)16-25-26-23(27)20-6-4-5-17(2)15-20/h4-16H,3H2,1-2H3,(H,26,27). The third-order valence-corrected chi connectivity index (χ3v) is 4.15. The summed E-state index contributed by atoms with van der Waals surface area (Å²) >= 11 is 0. The maximum Gasteiger partial charge on any atom is 0.343 e. The molecule has 3 rings (SSSR count). The van der Waals surface area contributed by atoms with Gasteiger partial charge in [0.2, 0.25) is 0 Å². The van der Waals surface area contributed by atoms with Crippen LogP contribution in [0.4, 0.5) is 0 Å². The minimum Gasteiger partial charge on any atom is -0.494 e. The topological polar surface area (TPSA) is 77.0 Å². The monoisotopic (exact) mass is 402 g/mol. The molecule has 0 heterocycles. The number of hydrogen-bond acceptors (Lipinski definition) is 5. The van der Waals surface area contributed by atoms with E-state index >= 15 is 0 Å². The minimum atomic E-state index is -0.454. The van der Waals surface area contributed by atoms with Crippen LogP contribution in [0.5, 0.6) is 11.5 Å². The summed E-state index contributed by atoms with van der Waals surface area (Å²) < 4.78 is 10.7. The third-order valence-electron chi connectivity index (χ3n) is 4.15. The molecule has 0 bridgehead atoms. The number of rotatable bonds is 7. The summed E-state index contributed by atoms with van der Waals surface area (Å²) in [5, 5.41) is 3.96. The van der Waals surface area contributed by atoms with Crippen molar-refractivity contribution in [3.63, 3.8) is 0 Å². The van der Waals surface area contributed by atoms with Crippen LogP contribution >= 0.6 is 0 Å². The normalized spacial score (nSPS) is 10.6. The van der Waals surface area contributed by atoms with Gasteiger partial charge >= 0.3 is 5.97 Å². The SMILES string of the molecule is CCOc1ccc(C(=O)Oc2ccc(C=NNC(=O)c3cccc(C)c3)cc2)cc1. The van der Waals surface area contributed by atoms with Crippen molar-refractivity contribution < 1.29 is 19.1 Å². The van der Waals surface area contributed by atoms with Crippen molar-refractivity contribution in [3.05, 3.63) is 95.1 Å². The molecule has 0 saturated carbocycles. The van der Waals surface area contributed by atoms with Gasteiger partial charge in [-0.05, 0) is 80.1 Å². The zero-order chi connectivity index (χ0) is 21.3. The summed E-state index contributed by atoms with van der Waals surface area (Å²) in [5.74, 6) is 0.378. The van der Waals surface area contributed by atoms with Crippen molar-refractivity contribution in [2.24, 2.45) is 5.10 Å². The van der Waals surface area contributed by atoms with Gasteiger partial charge in [0, 0.05) is 5.56 Å². The van der Waals surface area contributed by atoms with Gasteiger partial charge in [0.05, 0.1) is 18.4 Å². The van der Waals surface area contributed by atoms with E-state index in [0.29, 0.717) is 29.2 Å². The van der Waals surface area contributed by atoms with Gasteiger partial charge in [0.15, 0.2) is 0 Å². The van der Waals surface area contributed by atoms with Crippen molar-refractivity contribution in [2.75, 3.05) is 6.61 Å². The molecule has 0 spiro atoms. The lowest BCUT2D eigenvalue weighted by Crippen LogP contribution is -2.17. The fraction of sp³-hybridized carbons (Fsp3) is 0.125. The van der Waals surface area contributed by atoms with Crippen LogP contribution in [0, 0.1) is 6.92 Å². The molecule has 0 fully saturated rings. The van der Waals surface area contributed by atoms with E-state index in [-0.39, 0.29) is 5.91 Å². The van der Waals surface area contributed by atoms with E-state index in [0.717, 1.165) is 11.1 Å². The van der Waals surface area contributed by atoms with Gasteiger partial charge in [-0.2, -0.15) is 5.10 Å². The zero-order valence-corrected chi connectivity index (χ0v) is 16.8. The van der Waals surface area contributed by atoms with Gasteiger partial charge in [0.1, 0.15) is 11.5 Å². The Balaban J connectivity index is 1.54. The first kappa shape index (κ1) is 20.8. The number of hydrazone groups is 1. The summed E-state index contributed by atoms with van der Waals surface area (Å²) in [4.78, 5) is 24.3. The van der Waals surface area contributed by atoms with Gasteiger partial charge in [-0.15, -0.1) is 0 Å². The quantitative estimate of drug-likeness (QED) is 0.275. The Bertz CT molecular complexity index is 1040. The van der Waals surface area contributed by atoms with Crippen LogP contribution in [-0.4, -0.2) is 24.7 Å². The second kappa shape index (κ2) is 10.0. The van der Waals surface area contributed by atoms with Crippen LogP contribution in [0.3, 0.4) is 0 Å². The Morgan fingerprint density at radius 2 is 1.63 bits per heavy atom. The highest BCUT2D eigenvalue weighted by atomic mass is 16.5. The van der Waals surface area contributed by atoms with Crippen molar-refractivity contribution in [1.29, 1.82) is 0 Å². The van der Waals surface area contributed by atoms with Crippen LogP contribution < -0.4 is 14.9 Å². The highest BCUT2D eigenvalue weighted by molar-refractivity contribution is 5.95. The number of esters is 1. The van der Waals surface area contributed by atoms with Gasteiger partial charge < -0.3 is 9.47 Å². The van der Waals surface area contributed by atoms with E-state index in [1.54, 1.807) is 60.7 Å². The van der Waals surface area contributed by atoms with Gasteiger partial charge in [-0.3, -0.25) is 4.79 Å². The minimum absolute atomic E-state index is 0.282. The first-order valence-electron chi connectivity index (χ1n) is 9.50. The summed E-state index contributed by atoms with van der Waals surface area (Å²) in [7, 11) is 0. The largest absolute Gasteiger partial charge is 0.494 e. The van der Waals surface area contributed by atoms with E-state index in [9.17, 15) is 9.59 Å². The van der Waals surface area contributed by atoms with E-state index in [1.807, 2.05) is 26.0 Å². The number of ether oxygens (including phenoxy) is 2. The van der Waals surface area contributed by atoms with Gasteiger partial charge in [-0.25, -0.2) is 10.2 Å². The van der Waals surface area contributed by atoms with Crippen LogP contribution in [0.2, 0.25) is 0 Å². The molecule has 30 heavy (non-hydrogen) atoms. The molecule has 0 atom stereocenters. The number of amides is 1. The van der Waals surface area contributed by atoms with Crippen molar-refractivity contribution in [1.82, 2.24) is 5.43 Å². The van der Waals surface area contributed by atoms with Crippen LogP contribution in [0.25, 0.3) is 0 Å². The molecule has 0 saturated heterocycles. The van der Waals surface area contributed by atoms with E-state index in [2.05, 4.69) is 10.5 Å². The molecule has 0 radical (unpaired) electrons. The number of carbonyl (C=O) groups excluding carboxylic acids is 2. The van der Waals surface area contributed by atoms with Crippen molar-refractivity contribution in [2.45, 2.75) is 13.8 Å². The number of aryl methyl sites for hydroxylation is 1. The molecule has 3 aromatic carbocycles. The molecule has 152 valence electrons. The maximum absolute atomic E-state index is 12.2. The molecule has 1 amide bonds. The molecule has 0 aliphatic carbocycles. The Kier molecular flexibility index (Phi) is 6.95. The number of hydrogen-bond donors (Lipinski definition) is 1. The number of nitrogens with zero attached hydrogens (tertiary/aromatic N) is 1. The van der Waals surface area contributed by atoms with E-state index in [4.69, 9.17) is 9.47 Å². The fourth-order valence-electron chi connectivity index (χ4n) is 2.66. The number of carbonyl (C=O) groups is 2. The Hall–Kier alpha value is -3.93. The Labute approximate surface area is 175 Å². The first-order valence-corrected chi connectivity index (χ1v) is 9.50. The predicted molar refractivity (Wildman–Crippen MR) is 115 cm³/mol. The molecule has 0 aromatic heterocycles. The van der Waals surface area contributed by atoms with Gasteiger partial charge in [-0.1, -0.05) is 17.7 Å². The maximum atomic E-state index is 12.2. The summed E-state index contributed by atoms with van der Waals surface area (Å²) in [6.07, 6.45) is 1.52. The molecule has 0 aliphatic heterocycles. The van der Waals surface area contributed by atoms with Crippen molar-refractivity contribution >= 4 is 18.1 Å². The molecule has 0 aliphatic rings. The van der Waals surface area contributed by atoms with Crippen LogP contribution in [0.1, 0.15) is 38.8 Å². The van der Waals surface area contributed by atoms with Crippen LogP contribution in [0.15, 0.2) is 77.9 Å². The van der Waals surface area contributed by atoms with E-state index < -0.39 is 5.97 Å². The van der Waals surface area contributed by atoms with Gasteiger partial charge in [0.25, 0.3) is 5.91 Å². The highest BCUT2D eigenvalue weighted by Gasteiger charge is 2.09. The number of nitrogens with one attached hydrogen (secondary N) is 1. The molecule has 6 nitrogen and oxygen atoms in total. The molecule has 3 aromatic rings. The summed E-state index contributed by atoms with van der Waals surface area (Å²) in [5.41, 5.74) is 5.22.